The number of rotatable bonds is 4. The van der Waals surface area contributed by atoms with Crippen molar-refractivity contribution < 1.29 is 9.53 Å². The molecule has 7 nitrogen and oxygen atoms in total. The zero-order chi connectivity index (χ0) is 20.5. The van der Waals surface area contributed by atoms with Crippen LogP contribution in [0.1, 0.15) is 11.1 Å². The first-order chi connectivity index (χ1) is 14.7. The van der Waals surface area contributed by atoms with Crippen molar-refractivity contribution in [1.29, 1.82) is 5.26 Å². The minimum absolute atomic E-state index is 0.134. The second kappa shape index (κ2) is 7.78. The molecule has 2 aromatic carbocycles. The molecule has 0 unspecified atom stereocenters. The Morgan fingerprint density at radius 3 is 2.97 bits per heavy atom. The highest BCUT2D eigenvalue weighted by Crippen LogP contribution is 2.30. The average molecular weight is 417 g/mol. The van der Waals surface area contributed by atoms with E-state index in [4.69, 9.17) is 10.00 Å². The molecule has 1 aliphatic rings. The van der Waals surface area contributed by atoms with Gasteiger partial charge >= 0.3 is 0 Å². The zero-order valence-corrected chi connectivity index (χ0v) is 17.0. The third-order valence-corrected chi connectivity index (χ3v) is 6.18. The van der Waals surface area contributed by atoms with E-state index in [2.05, 4.69) is 38.4 Å². The molecular weight excluding hydrogens is 398 g/mol. The number of benzene rings is 2. The number of carbonyl (C=O) groups is 1. The SMILES string of the molecule is N#Cc1ccc2[nH]cc(CC(=O)Nc3nc4ccc(N5CCOCC5)cc4s3)c2c1. The molecule has 5 rings (SSSR count). The van der Waals surface area contributed by atoms with Gasteiger partial charge in [0, 0.05) is 35.9 Å². The summed E-state index contributed by atoms with van der Waals surface area (Å²) in [7, 11) is 0. The van der Waals surface area contributed by atoms with Gasteiger partial charge in [0.25, 0.3) is 0 Å². The van der Waals surface area contributed by atoms with Gasteiger partial charge in [-0.05, 0) is 42.0 Å². The molecule has 0 aliphatic carbocycles. The monoisotopic (exact) mass is 417 g/mol. The Kier molecular flexibility index (Phi) is 4.83. The minimum Gasteiger partial charge on any atom is -0.378 e. The van der Waals surface area contributed by atoms with Crippen molar-refractivity contribution in [3.63, 3.8) is 0 Å². The summed E-state index contributed by atoms with van der Waals surface area (Å²) < 4.78 is 6.46. The minimum atomic E-state index is -0.134. The number of carbonyl (C=O) groups excluding carboxylic acids is 1. The maximum Gasteiger partial charge on any atom is 0.230 e. The van der Waals surface area contributed by atoms with Gasteiger partial charge in [0.2, 0.25) is 5.91 Å². The van der Waals surface area contributed by atoms with Crippen LogP contribution in [0.5, 0.6) is 0 Å². The Bertz CT molecular complexity index is 1280. The second-order valence-electron chi connectivity index (χ2n) is 7.18. The molecule has 1 saturated heterocycles. The molecule has 8 heteroatoms. The molecule has 1 aliphatic heterocycles. The first-order valence-electron chi connectivity index (χ1n) is 9.73. The van der Waals surface area contributed by atoms with Gasteiger partial charge in [0.1, 0.15) is 0 Å². The summed E-state index contributed by atoms with van der Waals surface area (Å²) in [5.74, 6) is -0.134. The Morgan fingerprint density at radius 2 is 2.13 bits per heavy atom. The van der Waals surface area contributed by atoms with Gasteiger partial charge in [-0.2, -0.15) is 5.26 Å². The largest absolute Gasteiger partial charge is 0.378 e. The predicted molar refractivity (Wildman–Crippen MR) is 118 cm³/mol. The van der Waals surface area contributed by atoms with Gasteiger partial charge in [0.05, 0.1) is 41.5 Å². The molecule has 2 N–H and O–H groups in total. The number of fused-ring (bicyclic) bond motifs is 2. The number of anilines is 2. The molecule has 0 atom stereocenters. The van der Waals surface area contributed by atoms with Crippen molar-refractivity contribution in [2.45, 2.75) is 6.42 Å². The van der Waals surface area contributed by atoms with Crippen LogP contribution in [0.2, 0.25) is 0 Å². The van der Waals surface area contributed by atoms with E-state index >= 15 is 0 Å². The van der Waals surface area contributed by atoms with E-state index in [1.54, 1.807) is 12.1 Å². The molecule has 4 aromatic rings. The summed E-state index contributed by atoms with van der Waals surface area (Å²) in [5, 5.41) is 13.5. The Morgan fingerprint density at radius 1 is 1.27 bits per heavy atom. The Balaban J connectivity index is 1.33. The summed E-state index contributed by atoms with van der Waals surface area (Å²) in [6.07, 6.45) is 2.03. The number of ether oxygens (including phenoxy) is 1. The topological polar surface area (TPSA) is 94.0 Å². The highest BCUT2D eigenvalue weighted by molar-refractivity contribution is 7.22. The van der Waals surface area contributed by atoms with Crippen molar-refractivity contribution in [1.82, 2.24) is 9.97 Å². The van der Waals surface area contributed by atoms with E-state index in [1.807, 2.05) is 18.3 Å². The van der Waals surface area contributed by atoms with Crippen molar-refractivity contribution in [3.8, 4) is 6.07 Å². The second-order valence-corrected chi connectivity index (χ2v) is 8.21. The van der Waals surface area contributed by atoms with Crippen LogP contribution < -0.4 is 10.2 Å². The Labute approximate surface area is 176 Å². The number of nitriles is 1. The smallest absolute Gasteiger partial charge is 0.230 e. The standard InChI is InChI=1S/C22H19N5O2S/c23-12-14-1-3-18-17(9-14)15(13-24-18)10-21(28)26-22-25-19-4-2-16(11-20(19)30-22)27-5-7-29-8-6-27/h1-4,9,11,13,24H,5-8,10H2,(H,25,26,28). The summed E-state index contributed by atoms with van der Waals surface area (Å²) >= 11 is 1.47. The maximum absolute atomic E-state index is 12.6. The lowest BCUT2D eigenvalue weighted by molar-refractivity contribution is -0.115. The van der Waals surface area contributed by atoms with Crippen molar-refractivity contribution in [2.24, 2.45) is 0 Å². The molecule has 3 heterocycles. The number of thiazole rings is 1. The third kappa shape index (κ3) is 3.61. The van der Waals surface area contributed by atoms with Crippen molar-refractivity contribution in [2.75, 3.05) is 36.5 Å². The number of aromatic amines is 1. The molecular formula is C22H19N5O2S. The summed E-state index contributed by atoms with van der Waals surface area (Å²) in [6.45, 7) is 3.25. The number of aromatic nitrogens is 2. The molecule has 1 fully saturated rings. The molecule has 0 bridgehead atoms. The lowest BCUT2D eigenvalue weighted by Gasteiger charge is -2.28. The van der Waals surface area contributed by atoms with E-state index in [0.29, 0.717) is 10.7 Å². The van der Waals surface area contributed by atoms with E-state index in [9.17, 15) is 4.79 Å². The van der Waals surface area contributed by atoms with Gasteiger partial charge in [-0.1, -0.05) is 11.3 Å². The van der Waals surface area contributed by atoms with E-state index < -0.39 is 0 Å². The highest BCUT2D eigenvalue weighted by Gasteiger charge is 2.15. The predicted octanol–water partition coefficient (Wildman–Crippen LogP) is 3.67. The molecule has 1 amide bonds. The van der Waals surface area contributed by atoms with Crippen LogP contribution >= 0.6 is 11.3 Å². The van der Waals surface area contributed by atoms with Crippen molar-refractivity contribution >= 4 is 49.2 Å². The Hall–Kier alpha value is -3.41. The quantitative estimate of drug-likeness (QED) is 0.528. The van der Waals surface area contributed by atoms with Gasteiger partial charge in [-0.15, -0.1) is 0 Å². The van der Waals surface area contributed by atoms with Gasteiger partial charge in [-0.3, -0.25) is 4.79 Å². The summed E-state index contributed by atoms with van der Waals surface area (Å²) in [6, 6.07) is 13.7. The average Bonchev–Trinajstić information content (AvgIpc) is 3.36. The van der Waals surface area contributed by atoms with E-state index in [-0.39, 0.29) is 12.3 Å². The molecule has 150 valence electrons. The van der Waals surface area contributed by atoms with Crippen molar-refractivity contribution in [3.05, 3.63) is 53.7 Å². The van der Waals surface area contributed by atoms with Crippen LogP contribution in [0, 0.1) is 11.3 Å². The molecule has 0 saturated carbocycles. The van der Waals surface area contributed by atoms with Gasteiger partial charge in [-0.25, -0.2) is 4.98 Å². The normalized spacial score (nSPS) is 14.2. The van der Waals surface area contributed by atoms with Crippen LogP contribution in [0.3, 0.4) is 0 Å². The third-order valence-electron chi connectivity index (χ3n) is 5.24. The first kappa shape index (κ1) is 18.6. The number of hydrogen-bond acceptors (Lipinski definition) is 6. The van der Waals surface area contributed by atoms with Crippen LogP contribution in [0.4, 0.5) is 10.8 Å². The fourth-order valence-electron chi connectivity index (χ4n) is 3.72. The number of morpholine rings is 1. The van der Waals surface area contributed by atoms with Crippen LogP contribution in [0.15, 0.2) is 42.6 Å². The number of amides is 1. The zero-order valence-electron chi connectivity index (χ0n) is 16.1. The summed E-state index contributed by atoms with van der Waals surface area (Å²) in [5.41, 5.74) is 4.37. The molecule has 0 spiro atoms. The fraction of sp³-hybridized carbons (Fsp3) is 0.227. The van der Waals surface area contributed by atoms with E-state index in [1.165, 1.54) is 11.3 Å². The van der Waals surface area contributed by atoms with Gasteiger partial charge < -0.3 is 19.9 Å². The molecule has 0 radical (unpaired) electrons. The van der Waals surface area contributed by atoms with E-state index in [0.717, 1.165) is 58.7 Å². The number of H-pyrrole nitrogens is 1. The molecule has 30 heavy (non-hydrogen) atoms. The fourth-order valence-corrected chi connectivity index (χ4v) is 4.63. The lowest BCUT2D eigenvalue weighted by Crippen LogP contribution is -2.36. The van der Waals surface area contributed by atoms with Crippen LogP contribution in [-0.2, 0) is 16.0 Å². The summed E-state index contributed by atoms with van der Waals surface area (Å²) in [4.78, 5) is 22.6. The first-order valence-corrected chi connectivity index (χ1v) is 10.5. The lowest BCUT2D eigenvalue weighted by atomic mass is 10.1. The number of nitrogens with zero attached hydrogens (tertiary/aromatic N) is 3. The molecule has 2 aromatic heterocycles. The highest BCUT2D eigenvalue weighted by atomic mass is 32.1. The maximum atomic E-state index is 12.6. The number of nitrogens with one attached hydrogen (secondary N) is 2. The van der Waals surface area contributed by atoms with Crippen LogP contribution in [0.25, 0.3) is 21.1 Å². The van der Waals surface area contributed by atoms with Crippen LogP contribution in [-0.4, -0.2) is 42.2 Å². The van der Waals surface area contributed by atoms with Gasteiger partial charge in [0.15, 0.2) is 5.13 Å². The number of hydrogen-bond donors (Lipinski definition) is 2.